The van der Waals surface area contributed by atoms with Crippen LogP contribution in [0.15, 0.2) is 12.4 Å². The first-order valence-electron chi connectivity index (χ1n) is 6.32. The van der Waals surface area contributed by atoms with Crippen molar-refractivity contribution in [2.75, 3.05) is 25.1 Å². The Morgan fingerprint density at radius 2 is 2.28 bits per heavy atom. The molecule has 0 unspecified atom stereocenters. The number of hydrogen-bond acceptors (Lipinski definition) is 5. The lowest BCUT2D eigenvalue weighted by atomic mass is 10.0. The summed E-state index contributed by atoms with van der Waals surface area (Å²) in [5.41, 5.74) is 0.949. The quantitative estimate of drug-likeness (QED) is 0.885. The van der Waals surface area contributed by atoms with E-state index in [2.05, 4.69) is 20.4 Å². The monoisotopic (exact) mass is 247 g/mol. The number of nitrogens with one attached hydrogen (secondary N) is 1. The molecule has 0 bridgehead atoms. The molecule has 18 heavy (non-hydrogen) atoms. The molecule has 1 fully saturated rings. The molecule has 0 spiro atoms. The van der Waals surface area contributed by atoms with Gasteiger partial charge in [0.25, 0.3) is 5.78 Å². The van der Waals surface area contributed by atoms with Gasteiger partial charge in [0.15, 0.2) is 0 Å². The van der Waals surface area contributed by atoms with Gasteiger partial charge >= 0.3 is 0 Å². The number of rotatable bonds is 3. The summed E-state index contributed by atoms with van der Waals surface area (Å²) in [5.74, 6) is 2.27. The molecule has 0 aromatic carbocycles. The van der Waals surface area contributed by atoms with Crippen LogP contribution in [0.5, 0.6) is 0 Å². The van der Waals surface area contributed by atoms with Gasteiger partial charge in [0.1, 0.15) is 12.1 Å². The van der Waals surface area contributed by atoms with Crippen LogP contribution in [0, 0.1) is 12.8 Å². The topological polar surface area (TPSA) is 64.3 Å². The molecule has 1 saturated heterocycles. The minimum atomic E-state index is 0.643. The van der Waals surface area contributed by atoms with Crippen molar-refractivity contribution in [1.29, 1.82) is 0 Å². The van der Waals surface area contributed by atoms with E-state index in [1.54, 1.807) is 4.52 Å². The minimum Gasteiger partial charge on any atom is -0.381 e. The highest BCUT2D eigenvalue weighted by atomic mass is 16.5. The number of aromatic nitrogens is 4. The van der Waals surface area contributed by atoms with Crippen LogP contribution in [-0.4, -0.2) is 39.3 Å². The van der Waals surface area contributed by atoms with E-state index < -0.39 is 0 Å². The van der Waals surface area contributed by atoms with Crippen LogP contribution in [0.25, 0.3) is 5.78 Å². The van der Waals surface area contributed by atoms with Crippen molar-refractivity contribution in [3.8, 4) is 0 Å². The number of anilines is 1. The summed E-state index contributed by atoms with van der Waals surface area (Å²) in [6.07, 6.45) is 3.77. The second-order valence-corrected chi connectivity index (χ2v) is 4.69. The lowest BCUT2D eigenvalue weighted by Gasteiger charge is -2.22. The summed E-state index contributed by atoms with van der Waals surface area (Å²) in [7, 11) is 0. The van der Waals surface area contributed by atoms with Gasteiger partial charge < -0.3 is 10.1 Å². The smallest absolute Gasteiger partial charge is 0.254 e. The van der Waals surface area contributed by atoms with E-state index in [0.717, 1.165) is 44.1 Å². The number of nitrogens with zero attached hydrogens (tertiary/aromatic N) is 4. The summed E-state index contributed by atoms with van der Waals surface area (Å²) in [4.78, 5) is 8.44. The zero-order valence-electron chi connectivity index (χ0n) is 10.5. The molecule has 2 aromatic rings. The maximum absolute atomic E-state index is 5.36. The minimum absolute atomic E-state index is 0.643. The predicted octanol–water partition coefficient (Wildman–Crippen LogP) is 1.27. The highest BCUT2D eigenvalue weighted by Gasteiger charge is 2.14. The van der Waals surface area contributed by atoms with Crippen LogP contribution in [0.1, 0.15) is 18.5 Å². The molecule has 0 saturated carbocycles. The molecular formula is C12H17N5O. The molecular weight excluding hydrogens is 230 g/mol. The molecule has 6 heteroatoms. The van der Waals surface area contributed by atoms with Gasteiger partial charge in [-0.05, 0) is 25.7 Å². The average Bonchev–Trinajstić information content (AvgIpc) is 2.85. The Hall–Kier alpha value is -1.69. The normalized spacial score (nSPS) is 17.2. The fraction of sp³-hybridized carbons (Fsp3) is 0.583. The van der Waals surface area contributed by atoms with E-state index in [1.165, 1.54) is 6.33 Å². The van der Waals surface area contributed by atoms with E-state index >= 15 is 0 Å². The Labute approximate surface area is 105 Å². The second-order valence-electron chi connectivity index (χ2n) is 4.69. The standard InChI is InChI=1S/C12H17N5O/c1-9-6-11(17-12(16-9)14-8-15-17)13-7-10-2-4-18-5-3-10/h6,8,10,13H,2-5,7H2,1H3. The fourth-order valence-corrected chi connectivity index (χ4v) is 2.26. The third kappa shape index (κ3) is 2.28. The Morgan fingerprint density at radius 3 is 3.11 bits per heavy atom. The molecule has 0 aliphatic carbocycles. The van der Waals surface area contributed by atoms with Gasteiger partial charge in [0.2, 0.25) is 0 Å². The van der Waals surface area contributed by atoms with Gasteiger partial charge in [-0.2, -0.15) is 14.6 Å². The lowest BCUT2D eigenvalue weighted by molar-refractivity contribution is 0.0699. The van der Waals surface area contributed by atoms with Gasteiger partial charge in [-0.3, -0.25) is 0 Å². The molecule has 1 aliphatic heterocycles. The van der Waals surface area contributed by atoms with E-state index in [0.29, 0.717) is 11.7 Å². The van der Waals surface area contributed by atoms with Crippen LogP contribution in [0.4, 0.5) is 5.82 Å². The molecule has 96 valence electrons. The highest BCUT2D eigenvalue weighted by Crippen LogP contribution is 2.16. The number of ether oxygens (including phenoxy) is 1. The first-order chi connectivity index (χ1) is 8.83. The molecule has 6 nitrogen and oxygen atoms in total. The molecule has 3 rings (SSSR count). The van der Waals surface area contributed by atoms with Gasteiger partial charge in [0, 0.05) is 31.5 Å². The predicted molar refractivity (Wildman–Crippen MR) is 67.6 cm³/mol. The van der Waals surface area contributed by atoms with Crippen molar-refractivity contribution < 1.29 is 4.74 Å². The highest BCUT2D eigenvalue weighted by molar-refractivity contribution is 5.44. The zero-order valence-corrected chi connectivity index (χ0v) is 10.5. The Bertz CT molecular complexity index is 532. The van der Waals surface area contributed by atoms with Crippen molar-refractivity contribution in [1.82, 2.24) is 19.6 Å². The van der Waals surface area contributed by atoms with Gasteiger partial charge in [-0.1, -0.05) is 0 Å². The summed E-state index contributed by atoms with van der Waals surface area (Å²) in [6, 6.07) is 2.00. The number of aryl methyl sites for hydroxylation is 1. The molecule has 1 N–H and O–H groups in total. The van der Waals surface area contributed by atoms with Gasteiger partial charge in [-0.25, -0.2) is 4.98 Å². The summed E-state index contributed by atoms with van der Waals surface area (Å²) < 4.78 is 7.11. The third-order valence-electron chi connectivity index (χ3n) is 3.29. The van der Waals surface area contributed by atoms with Crippen molar-refractivity contribution in [2.24, 2.45) is 5.92 Å². The molecule has 0 atom stereocenters. The number of hydrogen-bond donors (Lipinski definition) is 1. The zero-order chi connectivity index (χ0) is 12.4. The van der Waals surface area contributed by atoms with Crippen molar-refractivity contribution in [3.05, 3.63) is 18.1 Å². The summed E-state index contributed by atoms with van der Waals surface area (Å²) in [6.45, 7) is 4.66. The Morgan fingerprint density at radius 1 is 1.44 bits per heavy atom. The van der Waals surface area contributed by atoms with Crippen LogP contribution in [0.3, 0.4) is 0 Å². The SMILES string of the molecule is Cc1cc(NCC2CCOCC2)n2ncnc2n1. The molecule has 0 amide bonds. The largest absolute Gasteiger partial charge is 0.381 e. The van der Waals surface area contributed by atoms with Crippen molar-refractivity contribution in [3.63, 3.8) is 0 Å². The van der Waals surface area contributed by atoms with Crippen LogP contribution in [0.2, 0.25) is 0 Å². The molecule has 1 aliphatic rings. The summed E-state index contributed by atoms with van der Waals surface area (Å²) in [5, 5.41) is 7.63. The third-order valence-corrected chi connectivity index (χ3v) is 3.29. The second kappa shape index (κ2) is 4.89. The summed E-state index contributed by atoms with van der Waals surface area (Å²) >= 11 is 0. The van der Waals surface area contributed by atoms with E-state index in [9.17, 15) is 0 Å². The first-order valence-corrected chi connectivity index (χ1v) is 6.32. The maximum atomic E-state index is 5.36. The van der Waals surface area contributed by atoms with Gasteiger partial charge in [0.05, 0.1) is 0 Å². The fourth-order valence-electron chi connectivity index (χ4n) is 2.26. The van der Waals surface area contributed by atoms with E-state index in [1.807, 2.05) is 13.0 Å². The van der Waals surface area contributed by atoms with Crippen LogP contribution < -0.4 is 5.32 Å². The first kappa shape index (κ1) is 11.4. The molecule has 3 heterocycles. The van der Waals surface area contributed by atoms with Gasteiger partial charge in [-0.15, -0.1) is 0 Å². The van der Waals surface area contributed by atoms with Crippen molar-refractivity contribution >= 4 is 11.6 Å². The maximum Gasteiger partial charge on any atom is 0.254 e. The van der Waals surface area contributed by atoms with E-state index in [4.69, 9.17) is 4.74 Å². The van der Waals surface area contributed by atoms with Crippen molar-refractivity contribution in [2.45, 2.75) is 19.8 Å². The molecule has 2 aromatic heterocycles. The van der Waals surface area contributed by atoms with Crippen LogP contribution in [-0.2, 0) is 4.74 Å². The number of fused-ring (bicyclic) bond motifs is 1. The lowest BCUT2D eigenvalue weighted by Crippen LogP contribution is -2.23. The van der Waals surface area contributed by atoms with E-state index in [-0.39, 0.29) is 0 Å². The molecule has 0 radical (unpaired) electrons. The van der Waals surface area contributed by atoms with Crippen LogP contribution >= 0.6 is 0 Å². The Kier molecular flexibility index (Phi) is 3.10. The average molecular weight is 247 g/mol. The Balaban J connectivity index is 1.75.